The van der Waals surface area contributed by atoms with Crippen LogP contribution in [0.15, 0.2) is 41.5 Å². The quantitative estimate of drug-likeness (QED) is 0.663. The lowest BCUT2D eigenvalue weighted by Gasteiger charge is -2.03. The highest BCUT2D eigenvalue weighted by molar-refractivity contribution is 6.30. The summed E-state index contributed by atoms with van der Waals surface area (Å²) in [7, 11) is 0. The van der Waals surface area contributed by atoms with Crippen LogP contribution in [0.25, 0.3) is 0 Å². The van der Waals surface area contributed by atoms with Crippen molar-refractivity contribution in [3.63, 3.8) is 0 Å². The van der Waals surface area contributed by atoms with Gasteiger partial charge in [0.2, 0.25) is 0 Å². The Kier molecular flexibility index (Phi) is 3.90. The lowest BCUT2D eigenvalue weighted by Crippen LogP contribution is -1.98. The fourth-order valence-corrected chi connectivity index (χ4v) is 1.35. The van der Waals surface area contributed by atoms with Crippen molar-refractivity contribution < 1.29 is 0 Å². The van der Waals surface area contributed by atoms with Crippen molar-refractivity contribution in [1.29, 1.82) is 0 Å². The maximum Gasteiger partial charge on any atom is 0.0476 e. The normalized spacial score (nSPS) is 11.5. The Morgan fingerprint density at radius 2 is 1.93 bits per heavy atom. The number of rotatable bonds is 3. The van der Waals surface area contributed by atoms with Gasteiger partial charge in [0, 0.05) is 16.4 Å². The zero-order chi connectivity index (χ0) is 10.6. The van der Waals surface area contributed by atoms with Gasteiger partial charge in [-0.25, -0.2) is 0 Å². The summed E-state index contributed by atoms with van der Waals surface area (Å²) in [6.45, 7) is 7.75. The molecule has 0 amide bonds. The molecular formula is C12H14ClN. The Morgan fingerprint density at radius 1 is 1.36 bits per heavy atom. The molecule has 0 N–H and O–H groups in total. The molecule has 74 valence electrons. The van der Waals surface area contributed by atoms with Crippen molar-refractivity contribution in [2.75, 3.05) is 0 Å². The van der Waals surface area contributed by atoms with Crippen molar-refractivity contribution in [2.24, 2.45) is 4.99 Å². The van der Waals surface area contributed by atoms with Gasteiger partial charge in [0.25, 0.3) is 0 Å². The van der Waals surface area contributed by atoms with E-state index in [1.54, 1.807) is 0 Å². The van der Waals surface area contributed by atoms with Crippen LogP contribution in [0.2, 0.25) is 5.02 Å². The summed E-state index contributed by atoms with van der Waals surface area (Å²) >= 11 is 5.81. The minimum absolute atomic E-state index is 0.750. The number of hydrogen-bond acceptors (Lipinski definition) is 1. The first kappa shape index (κ1) is 11.0. The van der Waals surface area contributed by atoms with Gasteiger partial charge >= 0.3 is 0 Å². The second-order valence-corrected chi connectivity index (χ2v) is 3.59. The maximum atomic E-state index is 5.81. The third kappa shape index (κ3) is 3.00. The molecule has 0 unspecified atom stereocenters. The largest absolute Gasteiger partial charge is 0.258 e. The molecule has 0 radical (unpaired) electrons. The third-order valence-corrected chi connectivity index (χ3v) is 2.09. The Labute approximate surface area is 90.1 Å². The van der Waals surface area contributed by atoms with E-state index in [4.69, 9.17) is 11.6 Å². The summed E-state index contributed by atoms with van der Waals surface area (Å²) < 4.78 is 0. The molecule has 0 heterocycles. The summed E-state index contributed by atoms with van der Waals surface area (Å²) in [5.74, 6) is 0. The molecule has 0 aromatic heterocycles. The number of hydrogen-bond donors (Lipinski definition) is 0. The minimum Gasteiger partial charge on any atom is -0.258 e. The molecular weight excluding hydrogens is 194 g/mol. The summed E-state index contributed by atoms with van der Waals surface area (Å²) in [4.78, 5) is 4.37. The molecule has 0 spiro atoms. The first-order chi connectivity index (χ1) is 6.63. The van der Waals surface area contributed by atoms with Crippen LogP contribution in [0.3, 0.4) is 0 Å². The number of aliphatic imine (C=N–C) groups is 1. The van der Waals surface area contributed by atoms with Crippen molar-refractivity contribution in [3.05, 3.63) is 47.1 Å². The van der Waals surface area contributed by atoms with Gasteiger partial charge in [-0.3, -0.25) is 4.99 Å². The van der Waals surface area contributed by atoms with E-state index >= 15 is 0 Å². The highest BCUT2D eigenvalue weighted by atomic mass is 35.5. The smallest absolute Gasteiger partial charge is 0.0476 e. The van der Waals surface area contributed by atoms with E-state index in [0.717, 1.165) is 28.4 Å². The predicted octanol–water partition coefficient (Wildman–Crippen LogP) is 4.07. The Morgan fingerprint density at radius 3 is 2.36 bits per heavy atom. The Hall–Kier alpha value is -1.08. The van der Waals surface area contributed by atoms with E-state index in [1.165, 1.54) is 0 Å². The van der Waals surface area contributed by atoms with Gasteiger partial charge in [-0.1, -0.05) is 37.2 Å². The average Bonchev–Trinajstić information content (AvgIpc) is 2.15. The molecule has 0 fully saturated rings. The highest BCUT2D eigenvalue weighted by Crippen LogP contribution is 2.12. The molecule has 1 aromatic rings. The van der Waals surface area contributed by atoms with Crippen molar-refractivity contribution in [2.45, 2.75) is 20.3 Å². The molecule has 14 heavy (non-hydrogen) atoms. The predicted molar refractivity (Wildman–Crippen MR) is 63.1 cm³/mol. The van der Waals surface area contributed by atoms with E-state index in [2.05, 4.69) is 18.5 Å². The summed E-state index contributed by atoms with van der Waals surface area (Å²) in [6, 6.07) is 7.71. The molecule has 0 aliphatic rings. The van der Waals surface area contributed by atoms with Gasteiger partial charge in [-0.15, -0.1) is 0 Å². The van der Waals surface area contributed by atoms with Gasteiger partial charge < -0.3 is 0 Å². The molecule has 0 saturated heterocycles. The summed E-state index contributed by atoms with van der Waals surface area (Å²) in [6.07, 6.45) is 0.897. The molecule has 0 bridgehead atoms. The SMILES string of the molecule is C=C(C)N=C(CC)c1ccc(Cl)cc1. The van der Waals surface area contributed by atoms with Crippen LogP contribution >= 0.6 is 11.6 Å². The zero-order valence-electron chi connectivity index (χ0n) is 8.55. The van der Waals surface area contributed by atoms with Crippen LogP contribution in [-0.4, -0.2) is 5.71 Å². The molecule has 1 nitrogen and oxygen atoms in total. The number of benzene rings is 1. The highest BCUT2D eigenvalue weighted by Gasteiger charge is 2.00. The van der Waals surface area contributed by atoms with Crippen LogP contribution < -0.4 is 0 Å². The molecule has 0 atom stereocenters. The Bertz CT molecular complexity index is 349. The fraction of sp³-hybridized carbons (Fsp3) is 0.250. The van der Waals surface area contributed by atoms with Crippen LogP contribution in [0.5, 0.6) is 0 Å². The van der Waals surface area contributed by atoms with E-state index < -0.39 is 0 Å². The van der Waals surface area contributed by atoms with Crippen LogP contribution in [0, 0.1) is 0 Å². The first-order valence-electron chi connectivity index (χ1n) is 4.62. The molecule has 0 aliphatic heterocycles. The monoisotopic (exact) mass is 207 g/mol. The minimum atomic E-state index is 0.750. The summed E-state index contributed by atoms with van der Waals surface area (Å²) in [5.41, 5.74) is 2.99. The standard InChI is InChI=1S/C12H14ClN/c1-4-12(14-9(2)3)10-5-7-11(13)8-6-10/h5-8H,2,4H2,1,3H3. The van der Waals surface area contributed by atoms with E-state index in [1.807, 2.05) is 31.2 Å². The van der Waals surface area contributed by atoms with E-state index in [0.29, 0.717) is 0 Å². The van der Waals surface area contributed by atoms with Crippen molar-refractivity contribution in [1.82, 2.24) is 0 Å². The second-order valence-electron chi connectivity index (χ2n) is 3.15. The van der Waals surface area contributed by atoms with Crippen LogP contribution in [0.4, 0.5) is 0 Å². The second kappa shape index (κ2) is 4.97. The van der Waals surface area contributed by atoms with E-state index in [-0.39, 0.29) is 0 Å². The van der Waals surface area contributed by atoms with Crippen molar-refractivity contribution >= 4 is 17.3 Å². The first-order valence-corrected chi connectivity index (χ1v) is 5.00. The average molecular weight is 208 g/mol. The van der Waals surface area contributed by atoms with Gasteiger partial charge in [0.05, 0.1) is 0 Å². The summed E-state index contributed by atoms with van der Waals surface area (Å²) in [5, 5.41) is 0.750. The van der Waals surface area contributed by atoms with Gasteiger partial charge in [-0.2, -0.15) is 0 Å². The third-order valence-electron chi connectivity index (χ3n) is 1.84. The van der Waals surface area contributed by atoms with Crippen molar-refractivity contribution in [3.8, 4) is 0 Å². The fourth-order valence-electron chi connectivity index (χ4n) is 1.22. The topological polar surface area (TPSA) is 12.4 Å². The van der Waals surface area contributed by atoms with E-state index in [9.17, 15) is 0 Å². The number of nitrogens with zero attached hydrogens (tertiary/aromatic N) is 1. The zero-order valence-corrected chi connectivity index (χ0v) is 9.30. The molecule has 1 rings (SSSR count). The maximum absolute atomic E-state index is 5.81. The molecule has 0 saturated carbocycles. The lowest BCUT2D eigenvalue weighted by molar-refractivity contribution is 1.22. The Balaban J connectivity index is 3.01. The van der Waals surface area contributed by atoms with Gasteiger partial charge in [-0.05, 0) is 31.0 Å². The molecule has 2 heteroatoms. The number of halogens is 1. The lowest BCUT2D eigenvalue weighted by atomic mass is 10.1. The molecule has 1 aromatic carbocycles. The van der Waals surface area contributed by atoms with Gasteiger partial charge in [0.15, 0.2) is 0 Å². The number of allylic oxidation sites excluding steroid dienone is 1. The van der Waals surface area contributed by atoms with Crippen LogP contribution in [-0.2, 0) is 0 Å². The molecule has 0 aliphatic carbocycles. The van der Waals surface area contributed by atoms with Gasteiger partial charge in [0.1, 0.15) is 0 Å². The van der Waals surface area contributed by atoms with Crippen LogP contribution in [0.1, 0.15) is 25.8 Å².